The Hall–Kier alpha value is -2.18. The average molecular weight is 1190 g/mol. The fourth-order valence-corrected chi connectivity index (χ4v) is 12.0. The number of hydrogen-bond acceptors (Lipinski definition) is 5. The second-order valence-corrected chi connectivity index (χ2v) is 26.3. The number of ether oxygens (including phenoxy) is 1. The van der Waals surface area contributed by atoms with E-state index in [1.807, 2.05) is 6.08 Å². The molecule has 6 heteroatoms. The first-order valence-electron chi connectivity index (χ1n) is 38.4. The Bertz CT molecular complexity index is 1420. The third-order valence-corrected chi connectivity index (χ3v) is 17.8. The number of aliphatic hydroxyl groups excluding tert-OH is 2. The van der Waals surface area contributed by atoms with Crippen molar-refractivity contribution >= 4 is 11.9 Å². The summed E-state index contributed by atoms with van der Waals surface area (Å²) in [5, 5.41) is 23.2. The van der Waals surface area contributed by atoms with Crippen molar-refractivity contribution < 1.29 is 24.5 Å². The molecule has 2 atom stereocenters. The van der Waals surface area contributed by atoms with Gasteiger partial charge in [-0.2, -0.15) is 0 Å². The number of carbonyl (C=O) groups excluding carboxylic acids is 2. The highest BCUT2D eigenvalue weighted by molar-refractivity contribution is 5.76. The predicted octanol–water partition coefficient (Wildman–Crippen LogP) is 25.2. The molecular weight excluding hydrogens is 1040 g/mol. The normalized spacial score (nSPS) is 12.8. The van der Waals surface area contributed by atoms with Crippen LogP contribution in [0.25, 0.3) is 0 Å². The van der Waals surface area contributed by atoms with E-state index in [1.54, 1.807) is 6.08 Å². The lowest BCUT2D eigenvalue weighted by Gasteiger charge is -2.20. The van der Waals surface area contributed by atoms with Crippen LogP contribution in [-0.4, -0.2) is 47.4 Å². The highest BCUT2D eigenvalue weighted by atomic mass is 16.5. The SMILES string of the molecule is CCCCCC/C=C\C/C=C\CCCCCCCCCC(=O)OCCCCCCCCCCCCCC/C=C\CCCCCCCCCCCCCCCCCCC(=O)NC(CO)C(O)/C=C/CCCCCCCCCCCCCCCCCC. The molecule has 0 heterocycles. The predicted molar refractivity (Wildman–Crippen MR) is 375 cm³/mol. The van der Waals surface area contributed by atoms with Gasteiger partial charge in [-0.25, -0.2) is 0 Å². The van der Waals surface area contributed by atoms with Gasteiger partial charge in [0.2, 0.25) is 5.91 Å². The molecule has 0 aromatic rings. The average Bonchev–Trinajstić information content (AvgIpc) is 3.51. The molecule has 0 rings (SSSR count). The van der Waals surface area contributed by atoms with E-state index < -0.39 is 12.1 Å². The van der Waals surface area contributed by atoms with Crippen LogP contribution in [0.5, 0.6) is 0 Å². The molecule has 500 valence electrons. The number of rotatable bonds is 72. The maximum Gasteiger partial charge on any atom is 0.305 e. The molecule has 6 nitrogen and oxygen atoms in total. The monoisotopic (exact) mass is 1190 g/mol. The molecule has 0 aliphatic rings. The molecule has 0 saturated carbocycles. The van der Waals surface area contributed by atoms with Crippen LogP contribution < -0.4 is 5.32 Å². The molecule has 0 bridgehead atoms. The van der Waals surface area contributed by atoms with Gasteiger partial charge in [0.1, 0.15) is 0 Å². The van der Waals surface area contributed by atoms with Gasteiger partial charge in [0.25, 0.3) is 0 Å². The highest BCUT2D eigenvalue weighted by Crippen LogP contribution is 2.19. The molecular formula is C79H149NO5. The number of amides is 1. The number of unbranched alkanes of at least 4 members (excludes halogenated alkanes) is 55. The largest absolute Gasteiger partial charge is 0.466 e. The summed E-state index contributed by atoms with van der Waals surface area (Å²) in [5.74, 6) is -0.0512. The molecule has 0 spiro atoms. The van der Waals surface area contributed by atoms with Gasteiger partial charge in [0, 0.05) is 12.8 Å². The fraction of sp³-hybridized carbons (Fsp3) is 0.873. The molecule has 0 aliphatic heterocycles. The van der Waals surface area contributed by atoms with Gasteiger partial charge in [0.05, 0.1) is 25.4 Å². The smallest absolute Gasteiger partial charge is 0.305 e. The molecule has 1 amide bonds. The van der Waals surface area contributed by atoms with Gasteiger partial charge in [-0.3, -0.25) is 9.59 Å². The maximum atomic E-state index is 12.5. The summed E-state index contributed by atoms with van der Waals surface area (Å²) in [6, 6.07) is -0.627. The van der Waals surface area contributed by atoms with Crippen molar-refractivity contribution in [2.45, 2.75) is 431 Å². The van der Waals surface area contributed by atoms with Crippen LogP contribution >= 0.6 is 0 Å². The van der Waals surface area contributed by atoms with Crippen molar-refractivity contribution in [1.82, 2.24) is 5.32 Å². The first-order chi connectivity index (χ1) is 42.0. The summed E-state index contributed by atoms with van der Waals surface area (Å²) in [6.45, 7) is 4.92. The van der Waals surface area contributed by atoms with Gasteiger partial charge in [-0.1, -0.05) is 364 Å². The van der Waals surface area contributed by atoms with Crippen LogP contribution in [0, 0.1) is 0 Å². The number of nitrogens with one attached hydrogen (secondary N) is 1. The molecule has 3 N–H and O–H groups in total. The van der Waals surface area contributed by atoms with Crippen LogP contribution in [-0.2, 0) is 14.3 Å². The van der Waals surface area contributed by atoms with Crippen molar-refractivity contribution in [3.63, 3.8) is 0 Å². The van der Waals surface area contributed by atoms with E-state index in [9.17, 15) is 19.8 Å². The van der Waals surface area contributed by atoms with E-state index >= 15 is 0 Å². The summed E-state index contributed by atoms with van der Waals surface area (Å²) >= 11 is 0. The molecule has 0 saturated heterocycles. The van der Waals surface area contributed by atoms with Crippen molar-refractivity contribution in [3.8, 4) is 0 Å². The Morgan fingerprint density at radius 3 is 0.918 bits per heavy atom. The highest BCUT2D eigenvalue weighted by Gasteiger charge is 2.18. The molecule has 0 aromatic carbocycles. The minimum atomic E-state index is -0.844. The summed E-state index contributed by atoms with van der Waals surface area (Å²) in [7, 11) is 0. The van der Waals surface area contributed by atoms with E-state index in [0.717, 1.165) is 51.4 Å². The van der Waals surface area contributed by atoms with Crippen LogP contribution in [0.15, 0.2) is 48.6 Å². The number of allylic oxidation sites excluding steroid dienone is 7. The Morgan fingerprint density at radius 1 is 0.329 bits per heavy atom. The quantitative estimate of drug-likeness (QED) is 0.0320. The van der Waals surface area contributed by atoms with Crippen LogP contribution in [0.1, 0.15) is 418 Å². The van der Waals surface area contributed by atoms with Gasteiger partial charge >= 0.3 is 5.97 Å². The Balaban J connectivity index is 3.37. The van der Waals surface area contributed by atoms with E-state index in [-0.39, 0.29) is 18.5 Å². The lowest BCUT2D eigenvalue weighted by atomic mass is 10.0. The van der Waals surface area contributed by atoms with E-state index in [4.69, 9.17) is 4.74 Å². The summed E-state index contributed by atoms with van der Waals surface area (Å²) < 4.78 is 5.51. The first kappa shape index (κ1) is 82.8. The molecule has 85 heavy (non-hydrogen) atoms. The minimum Gasteiger partial charge on any atom is -0.466 e. The standard InChI is InChI=1S/C79H149NO5/c1-3-5-7-9-11-13-15-17-19-21-39-43-47-51-55-59-63-67-71-77(82)76(75-81)80-78(83)72-68-64-60-56-52-48-44-40-37-35-33-31-29-27-25-23-24-26-28-30-32-34-36-38-42-46-50-54-58-62-66-70-74-85-79(84)73-69-65-61-57-53-49-45-41-22-20-18-16-14-12-10-8-6-4-2/h14,16,20,22,26,28,67,71,76-77,81-82H,3-13,15,17-19,21,23-25,27,29-66,68-70,72-75H2,1-2H3,(H,80,83)/b16-14-,22-20-,28-26-,71-67+. The lowest BCUT2D eigenvalue weighted by molar-refractivity contribution is -0.143. The Labute approximate surface area is 531 Å². The zero-order valence-electron chi connectivity index (χ0n) is 57.4. The molecule has 0 radical (unpaired) electrons. The van der Waals surface area contributed by atoms with Crippen LogP contribution in [0.2, 0.25) is 0 Å². The van der Waals surface area contributed by atoms with Crippen LogP contribution in [0.4, 0.5) is 0 Å². The summed E-state index contributed by atoms with van der Waals surface area (Å²) in [4.78, 5) is 24.6. The lowest BCUT2D eigenvalue weighted by Crippen LogP contribution is -2.45. The number of aliphatic hydroxyl groups is 2. The number of esters is 1. The second kappa shape index (κ2) is 74.3. The Morgan fingerprint density at radius 2 is 0.588 bits per heavy atom. The fourth-order valence-electron chi connectivity index (χ4n) is 12.0. The molecule has 0 aliphatic carbocycles. The van der Waals surface area contributed by atoms with Crippen molar-refractivity contribution in [2.24, 2.45) is 0 Å². The zero-order valence-corrected chi connectivity index (χ0v) is 57.4. The van der Waals surface area contributed by atoms with Crippen LogP contribution in [0.3, 0.4) is 0 Å². The van der Waals surface area contributed by atoms with Crippen molar-refractivity contribution in [2.75, 3.05) is 13.2 Å². The van der Waals surface area contributed by atoms with Gasteiger partial charge in [-0.15, -0.1) is 0 Å². The van der Waals surface area contributed by atoms with Crippen molar-refractivity contribution in [3.05, 3.63) is 48.6 Å². The second-order valence-electron chi connectivity index (χ2n) is 26.3. The van der Waals surface area contributed by atoms with Gasteiger partial charge in [-0.05, 0) is 89.9 Å². The van der Waals surface area contributed by atoms with Gasteiger partial charge in [0.15, 0.2) is 0 Å². The topological polar surface area (TPSA) is 95.9 Å². The molecule has 0 fully saturated rings. The van der Waals surface area contributed by atoms with Crippen molar-refractivity contribution in [1.29, 1.82) is 0 Å². The van der Waals surface area contributed by atoms with E-state index in [2.05, 4.69) is 55.6 Å². The maximum absolute atomic E-state index is 12.5. The Kier molecular flexibility index (Phi) is 72.4. The number of hydrogen-bond donors (Lipinski definition) is 3. The molecule has 2 unspecified atom stereocenters. The minimum absolute atomic E-state index is 0.0110. The number of carbonyl (C=O) groups is 2. The van der Waals surface area contributed by atoms with Gasteiger partial charge < -0.3 is 20.3 Å². The van der Waals surface area contributed by atoms with E-state index in [0.29, 0.717) is 19.4 Å². The summed E-state index contributed by atoms with van der Waals surface area (Å²) in [6.07, 6.45) is 97.9. The third kappa shape index (κ3) is 70.8. The summed E-state index contributed by atoms with van der Waals surface area (Å²) in [5.41, 5.74) is 0. The first-order valence-corrected chi connectivity index (χ1v) is 38.4. The zero-order chi connectivity index (χ0) is 61.3. The van der Waals surface area contributed by atoms with E-state index in [1.165, 1.54) is 340 Å². The third-order valence-electron chi connectivity index (χ3n) is 17.8. The molecule has 0 aromatic heterocycles.